The largest absolute Gasteiger partial charge is 2.00 e. The van der Waals surface area contributed by atoms with Gasteiger partial charge in [-0.05, 0) is 119 Å². The molecule has 9 rings (SSSR count). The topological polar surface area (TPSA) is 138 Å². The summed E-state index contributed by atoms with van der Waals surface area (Å²) < 4.78 is 0. The van der Waals surface area contributed by atoms with E-state index >= 15 is 0 Å². The molecule has 6 aromatic rings. The van der Waals surface area contributed by atoms with Crippen molar-refractivity contribution < 1.29 is 39.3 Å². The van der Waals surface area contributed by atoms with Crippen molar-refractivity contribution in [3.05, 3.63) is 213 Å². The van der Waals surface area contributed by atoms with E-state index in [1.165, 1.54) is 0 Å². The molecule has 53 heavy (non-hydrogen) atoms. The molecule has 0 unspecified atom stereocenters. The standard InChI is InChI=1S/C44H30N4O4.Zn/c49-29-9-1-25(2-10-29)41-33-17-19-35(45-33)42(26-3-11-30(50)12-4-26)37-21-23-39(47-37)44(28-7-15-32(52)16-8-28)40-24-22-38(48-40)43(36-20-18-34(41)46-36)27-5-13-31(51)14-6-27;/h1-24,45-50H;/q;+2/b41-33-,42-35-;. The number of ketones is 2. The van der Waals surface area contributed by atoms with E-state index < -0.39 is 0 Å². The molecule has 0 amide bonds. The van der Waals surface area contributed by atoms with Crippen LogP contribution in [0, 0.1) is 0 Å². The molecule has 0 radical (unpaired) electrons. The summed E-state index contributed by atoms with van der Waals surface area (Å²) in [6.07, 6.45) is 13.6. The number of phenols is 2. The summed E-state index contributed by atoms with van der Waals surface area (Å²) in [6.45, 7) is 0. The maximum atomic E-state index is 12.2. The fraction of sp³-hybridized carbons (Fsp3) is 0. The van der Waals surface area contributed by atoms with Crippen LogP contribution >= 0.6 is 0 Å². The maximum absolute atomic E-state index is 12.2. The third kappa shape index (κ3) is 6.17. The van der Waals surface area contributed by atoms with Crippen LogP contribution in [-0.4, -0.2) is 41.7 Å². The molecule has 0 saturated heterocycles. The van der Waals surface area contributed by atoms with E-state index in [4.69, 9.17) is 0 Å². The number of allylic oxidation sites excluding steroid dienone is 10. The fourth-order valence-corrected chi connectivity index (χ4v) is 7.07. The normalized spacial score (nSPS) is 17.1. The molecule has 5 heterocycles. The van der Waals surface area contributed by atoms with Crippen LogP contribution in [0.4, 0.5) is 0 Å². The number of carbonyl (C=O) groups is 2. The molecule has 4 aromatic heterocycles. The van der Waals surface area contributed by atoms with Gasteiger partial charge in [-0.1, -0.05) is 48.6 Å². The molecule has 0 spiro atoms. The van der Waals surface area contributed by atoms with Gasteiger partial charge in [-0.25, -0.2) is 0 Å². The van der Waals surface area contributed by atoms with Crippen LogP contribution in [0.1, 0.15) is 45.3 Å². The Morgan fingerprint density at radius 2 is 0.642 bits per heavy atom. The summed E-state index contributed by atoms with van der Waals surface area (Å²) in [5, 5.41) is 22.0. The summed E-state index contributed by atoms with van der Waals surface area (Å²) in [5.74, 6) is 0.182. The number of carbonyl (C=O) groups excluding carboxylic acids is 2. The Morgan fingerprint density at radius 3 is 0.962 bits per heavy atom. The van der Waals surface area contributed by atoms with Crippen molar-refractivity contribution >= 4 is 33.9 Å². The fourth-order valence-electron chi connectivity index (χ4n) is 7.07. The van der Waals surface area contributed by atoms with E-state index in [1.54, 1.807) is 48.6 Å². The average molecular weight is 744 g/mol. The van der Waals surface area contributed by atoms with Crippen molar-refractivity contribution in [3.63, 3.8) is 0 Å². The Hall–Kier alpha value is -6.70. The van der Waals surface area contributed by atoms with Crippen LogP contribution in [0.3, 0.4) is 0 Å². The van der Waals surface area contributed by atoms with E-state index in [2.05, 4.69) is 19.9 Å². The summed E-state index contributed by atoms with van der Waals surface area (Å²) in [5.41, 5.74) is 12.0. The summed E-state index contributed by atoms with van der Waals surface area (Å²) in [6, 6.07) is 30.5. The van der Waals surface area contributed by atoms with Crippen molar-refractivity contribution in [1.82, 2.24) is 19.9 Å². The summed E-state index contributed by atoms with van der Waals surface area (Å²) >= 11 is 0. The number of aromatic nitrogens is 4. The molecule has 1 aliphatic heterocycles. The van der Waals surface area contributed by atoms with Gasteiger partial charge < -0.3 is 30.1 Å². The minimum atomic E-state index is -0.0779. The molecule has 250 valence electrons. The zero-order chi connectivity index (χ0) is 35.3. The number of benzene rings is 2. The second kappa shape index (κ2) is 13.5. The summed E-state index contributed by atoms with van der Waals surface area (Å²) in [7, 11) is 0. The molecule has 2 aromatic carbocycles. The summed E-state index contributed by atoms with van der Waals surface area (Å²) in [4.78, 5) is 39.1. The van der Waals surface area contributed by atoms with Gasteiger partial charge in [0.2, 0.25) is 0 Å². The second-order valence-corrected chi connectivity index (χ2v) is 12.8. The third-order valence-electron chi connectivity index (χ3n) is 9.50. The number of rotatable bonds is 2. The monoisotopic (exact) mass is 742 g/mol. The number of aromatic amines is 4. The van der Waals surface area contributed by atoms with Crippen molar-refractivity contribution in [3.8, 4) is 11.5 Å². The second-order valence-electron chi connectivity index (χ2n) is 12.8. The van der Waals surface area contributed by atoms with E-state index in [0.717, 1.165) is 89.4 Å². The molecular formula is C44H30N4O4Zn+2. The molecule has 0 atom stereocenters. The third-order valence-corrected chi connectivity index (χ3v) is 9.50. The van der Waals surface area contributed by atoms with Crippen LogP contribution in [0.15, 0.2) is 157 Å². The van der Waals surface area contributed by atoms with Crippen molar-refractivity contribution in [2.45, 2.75) is 0 Å². The minimum absolute atomic E-state index is 0. The maximum Gasteiger partial charge on any atom is 2.00 e. The molecule has 8 nitrogen and oxygen atoms in total. The van der Waals surface area contributed by atoms with E-state index in [-0.39, 0.29) is 42.5 Å². The van der Waals surface area contributed by atoms with E-state index in [1.807, 2.05) is 97.1 Å². The molecular weight excluding hydrogens is 714 g/mol. The number of phenolic OH excluding ortho intramolecular Hbond substituents is 2. The molecule has 3 aliphatic rings. The first-order chi connectivity index (χ1) is 25.4. The zero-order valence-electron chi connectivity index (χ0n) is 28.3. The first-order valence-electron chi connectivity index (χ1n) is 16.8. The quantitative estimate of drug-likeness (QED) is 0.117. The molecule has 0 fully saturated rings. The smallest absolute Gasteiger partial charge is 0.508 e. The van der Waals surface area contributed by atoms with Gasteiger partial charge in [0.05, 0.1) is 0 Å². The first-order valence-corrected chi connectivity index (χ1v) is 16.8. The van der Waals surface area contributed by atoms with Gasteiger partial charge >= 0.3 is 19.5 Å². The van der Waals surface area contributed by atoms with Crippen LogP contribution in [0.5, 0.6) is 11.5 Å². The van der Waals surface area contributed by atoms with Gasteiger partial charge in [0.15, 0.2) is 11.6 Å². The first kappa shape index (κ1) is 33.4. The molecule has 0 saturated carbocycles. The van der Waals surface area contributed by atoms with Gasteiger partial charge in [-0.15, -0.1) is 0 Å². The predicted molar refractivity (Wildman–Crippen MR) is 200 cm³/mol. The number of hydrogen-bond acceptors (Lipinski definition) is 4. The van der Waals surface area contributed by atoms with Crippen LogP contribution in [-0.2, 0) is 29.1 Å². The van der Waals surface area contributed by atoms with E-state index in [9.17, 15) is 19.8 Å². The van der Waals surface area contributed by atoms with Crippen molar-refractivity contribution in [1.29, 1.82) is 0 Å². The number of nitrogens with one attached hydrogen (secondary N) is 4. The van der Waals surface area contributed by atoms with Crippen molar-refractivity contribution in [2.24, 2.45) is 0 Å². The van der Waals surface area contributed by atoms with Crippen LogP contribution in [0.25, 0.3) is 22.3 Å². The Bertz CT molecular complexity index is 2550. The Morgan fingerprint density at radius 1 is 0.340 bits per heavy atom. The number of aromatic hydroxyl groups is 2. The number of hydrogen-bond donors (Lipinski definition) is 6. The van der Waals surface area contributed by atoms with Gasteiger partial charge in [-0.3, -0.25) is 9.59 Å². The van der Waals surface area contributed by atoms with Crippen molar-refractivity contribution in [2.75, 3.05) is 0 Å². The molecule has 2 aliphatic carbocycles. The van der Waals surface area contributed by atoms with Gasteiger partial charge in [0.25, 0.3) is 0 Å². The van der Waals surface area contributed by atoms with E-state index in [0.29, 0.717) is 0 Å². The molecule has 8 bridgehead atoms. The SMILES string of the molecule is O=C1C=CC(=C2c3ccc([nH]3)C(=C3C=CC(=O)C=C3)c3ccc([nH]3)/C(c3ccc(O)cc3)=c3/cc/c([nH]3)=C(\c3ccc(O)cc3)c3ccc2[nH]3)C=C1.[Zn+2]. The van der Waals surface area contributed by atoms with Gasteiger partial charge in [0, 0.05) is 67.2 Å². The van der Waals surface area contributed by atoms with Gasteiger partial charge in [0.1, 0.15) is 11.5 Å². The molecule has 9 heteroatoms. The Balaban J connectivity index is 0.00000400. The predicted octanol–water partition coefficient (Wildman–Crippen LogP) is 6.21. The van der Waals surface area contributed by atoms with Gasteiger partial charge in [-0.2, -0.15) is 0 Å². The Kier molecular flexibility index (Phi) is 8.49. The van der Waals surface area contributed by atoms with Crippen LogP contribution in [0.2, 0.25) is 0 Å². The number of H-pyrrole nitrogens is 4. The van der Waals surface area contributed by atoms with Crippen LogP contribution < -0.4 is 10.7 Å². The minimum Gasteiger partial charge on any atom is -0.508 e. The Labute approximate surface area is 316 Å². The average Bonchev–Trinajstić information content (AvgIpc) is 3.99. The zero-order valence-corrected chi connectivity index (χ0v) is 31.2. The molecule has 6 N–H and O–H groups in total. The number of fused-ring (bicyclic) bond motifs is 8.